The minimum absolute atomic E-state index is 0.0478. The van der Waals surface area contributed by atoms with Gasteiger partial charge in [-0.05, 0) is 38.3 Å². The number of hydrogen-bond acceptors (Lipinski definition) is 3. The van der Waals surface area contributed by atoms with Crippen LogP contribution < -0.4 is 16.0 Å². The van der Waals surface area contributed by atoms with E-state index < -0.39 is 0 Å². The van der Waals surface area contributed by atoms with E-state index in [0.717, 1.165) is 44.2 Å². The second-order valence-corrected chi connectivity index (χ2v) is 6.36. The van der Waals surface area contributed by atoms with Gasteiger partial charge in [-0.25, -0.2) is 4.79 Å². The number of likely N-dealkylation sites (tertiary alicyclic amines) is 1. The van der Waals surface area contributed by atoms with Gasteiger partial charge < -0.3 is 20.9 Å². The van der Waals surface area contributed by atoms with E-state index in [1.807, 2.05) is 4.90 Å². The van der Waals surface area contributed by atoms with Crippen molar-refractivity contribution in [2.24, 2.45) is 5.41 Å². The maximum absolute atomic E-state index is 11.6. The molecule has 21 heavy (non-hydrogen) atoms. The van der Waals surface area contributed by atoms with Crippen LogP contribution in [0.3, 0.4) is 0 Å². The Balaban J connectivity index is 0.000000225. The molecule has 2 amide bonds. The molecule has 3 rings (SSSR count). The van der Waals surface area contributed by atoms with Gasteiger partial charge in [0.1, 0.15) is 0 Å². The van der Waals surface area contributed by atoms with Crippen LogP contribution in [-0.2, 0) is 0 Å². The van der Waals surface area contributed by atoms with Crippen molar-refractivity contribution in [3.05, 3.63) is 25.1 Å². The second-order valence-electron chi connectivity index (χ2n) is 6.36. The van der Waals surface area contributed by atoms with Crippen LogP contribution in [-0.4, -0.2) is 43.7 Å². The Hall–Kier alpha value is -1.65. The highest BCUT2D eigenvalue weighted by Gasteiger charge is 2.40. The number of carbonyl (C=O) groups excluding carboxylic acids is 1. The Morgan fingerprint density at radius 2 is 2.29 bits per heavy atom. The Bertz CT molecular complexity index is 405. The van der Waals surface area contributed by atoms with E-state index >= 15 is 0 Å². The van der Waals surface area contributed by atoms with Crippen molar-refractivity contribution in [3.63, 3.8) is 0 Å². The van der Waals surface area contributed by atoms with Gasteiger partial charge in [-0.1, -0.05) is 13.2 Å². The lowest BCUT2D eigenvalue weighted by Crippen LogP contribution is -2.49. The Labute approximate surface area is 127 Å². The van der Waals surface area contributed by atoms with Crippen LogP contribution in [0.15, 0.2) is 25.1 Å². The molecule has 118 valence electrons. The fraction of sp³-hybridized carbons (Fsp3) is 0.688. The zero-order valence-electron chi connectivity index (χ0n) is 13.1. The number of piperidine rings is 1. The first-order chi connectivity index (χ1) is 10.1. The minimum atomic E-state index is 0.0478. The van der Waals surface area contributed by atoms with Gasteiger partial charge in [0.15, 0.2) is 0 Å². The zero-order valence-corrected chi connectivity index (χ0v) is 13.1. The van der Waals surface area contributed by atoms with E-state index in [0.29, 0.717) is 0 Å². The molecule has 2 aliphatic heterocycles. The summed E-state index contributed by atoms with van der Waals surface area (Å²) >= 11 is 0. The molecule has 0 aromatic heterocycles. The number of carbonyl (C=O) groups is 1. The van der Waals surface area contributed by atoms with Crippen LogP contribution in [0, 0.1) is 5.41 Å². The van der Waals surface area contributed by atoms with E-state index in [-0.39, 0.29) is 11.4 Å². The summed E-state index contributed by atoms with van der Waals surface area (Å²) in [5, 5.41) is 9.08. The lowest BCUT2D eigenvalue weighted by atomic mass is 9.79. The molecule has 1 spiro atoms. The summed E-state index contributed by atoms with van der Waals surface area (Å²) in [4.78, 5) is 13.5. The molecule has 2 heterocycles. The highest BCUT2D eigenvalue weighted by molar-refractivity contribution is 5.74. The third-order valence-corrected chi connectivity index (χ3v) is 4.40. The lowest BCUT2D eigenvalue weighted by Gasteiger charge is -2.39. The van der Waals surface area contributed by atoms with Crippen LogP contribution in [0.2, 0.25) is 0 Å². The van der Waals surface area contributed by atoms with Crippen LogP contribution in [0.5, 0.6) is 0 Å². The molecule has 3 N–H and O–H groups in total. The fourth-order valence-corrected chi connectivity index (χ4v) is 3.13. The molecule has 5 heteroatoms. The van der Waals surface area contributed by atoms with Crippen LogP contribution in [0.25, 0.3) is 0 Å². The van der Waals surface area contributed by atoms with Crippen molar-refractivity contribution in [1.29, 1.82) is 0 Å². The smallest absolute Gasteiger partial charge is 0.317 e. The Morgan fingerprint density at radius 1 is 1.52 bits per heavy atom. The fourth-order valence-electron chi connectivity index (χ4n) is 3.13. The lowest BCUT2D eigenvalue weighted by molar-refractivity contribution is 0.120. The number of nitrogens with zero attached hydrogens (tertiary/aromatic N) is 1. The summed E-state index contributed by atoms with van der Waals surface area (Å²) in [6, 6.07) is 0.828. The van der Waals surface area contributed by atoms with Gasteiger partial charge in [0.25, 0.3) is 0 Å². The third kappa shape index (κ3) is 4.41. The van der Waals surface area contributed by atoms with Crippen LogP contribution in [0.1, 0.15) is 32.1 Å². The number of rotatable bonds is 2. The molecule has 3 aliphatic rings. The summed E-state index contributed by atoms with van der Waals surface area (Å²) < 4.78 is 0. The Morgan fingerprint density at radius 3 is 2.76 bits per heavy atom. The predicted molar refractivity (Wildman–Crippen MR) is 85.8 cm³/mol. The number of amides is 2. The molecule has 0 radical (unpaired) electrons. The number of allylic oxidation sites excluding steroid dienone is 1. The van der Waals surface area contributed by atoms with Gasteiger partial charge >= 0.3 is 6.03 Å². The molecule has 0 aromatic carbocycles. The molecule has 2 saturated heterocycles. The van der Waals surface area contributed by atoms with Gasteiger partial charge in [-0.2, -0.15) is 0 Å². The molecule has 1 unspecified atom stereocenters. The quantitative estimate of drug-likeness (QED) is 0.727. The predicted octanol–water partition coefficient (Wildman–Crippen LogP) is 1.80. The van der Waals surface area contributed by atoms with E-state index in [2.05, 4.69) is 29.1 Å². The Kier molecular flexibility index (Phi) is 5.15. The second kappa shape index (κ2) is 6.87. The maximum Gasteiger partial charge on any atom is 0.317 e. The standard InChI is InChI=1S/C11H19N3O.C5H9N/c1-9-6-11(7-13-9)4-3-5-14(8-11)10(15)12-2;1-2-6-5-3-4-5/h13H,1,3-8H2,2H3,(H,12,15);2,5-6H,1,3-4H2. The molecule has 5 nitrogen and oxygen atoms in total. The van der Waals surface area contributed by atoms with E-state index in [1.54, 1.807) is 13.2 Å². The molecule has 1 saturated carbocycles. The van der Waals surface area contributed by atoms with Crippen molar-refractivity contribution in [2.75, 3.05) is 26.7 Å². The van der Waals surface area contributed by atoms with E-state index in [4.69, 9.17) is 0 Å². The van der Waals surface area contributed by atoms with Crippen molar-refractivity contribution in [1.82, 2.24) is 20.9 Å². The number of urea groups is 1. The minimum Gasteiger partial charge on any atom is -0.389 e. The number of hydrogen-bond donors (Lipinski definition) is 3. The summed E-state index contributed by atoms with van der Waals surface area (Å²) in [6.45, 7) is 10.2. The SMILES string of the molecule is C=C1CC2(CCCN(C(=O)NC)C2)CN1.C=CNC1CC1. The zero-order chi connectivity index (χ0) is 15.3. The molecule has 0 aromatic rings. The summed E-state index contributed by atoms with van der Waals surface area (Å²) in [5.74, 6) is 0. The van der Waals surface area contributed by atoms with Gasteiger partial charge in [0.05, 0.1) is 0 Å². The van der Waals surface area contributed by atoms with Gasteiger partial charge in [0, 0.05) is 43.8 Å². The molecule has 1 aliphatic carbocycles. The summed E-state index contributed by atoms with van der Waals surface area (Å²) in [5.41, 5.74) is 1.37. The molecule has 1 atom stereocenters. The van der Waals surface area contributed by atoms with E-state index in [9.17, 15) is 4.79 Å². The average molecular weight is 292 g/mol. The van der Waals surface area contributed by atoms with Gasteiger partial charge in [-0.15, -0.1) is 0 Å². The van der Waals surface area contributed by atoms with Crippen molar-refractivity contribution < 1.29 is 4.79 Å². The number of nitrogens with one attached hydrogen (secondary N) is 3. The normalized spacial score (nSPS) is 27.5. The van der Waals surface area contributed by atoms with Gasteiger partial charge in [-0.3, -0.25) is 0 Å². The molecule has 0 bridgehead atoms. The first kappa shape index (κ1) is 15.7. The molecule has 3 fully saturated rings. The molecular formula is C16H28N4O. The summed E-state index contributed by atoms with van der Waals surface area (Å²) in [7, 11) is 1.69. The highest BCUT2D eigenvalue weighted by atomic mass is 16.2. The third-order valence-electron chi connectivity index (χ3n) is 4.40. The molecular weight excluding hydrogens is 264 g/mol. The van der Waals surface area contributed by atoms with Crippen molar-refractivity contribution in [3.8, 4) is 0 Å². The first-order valence-corrected chi connectivity index (χ1v) is 7.84. The highest BCUT2D eigenvalue weighted by Crippen LogP contribution is 2.38. The van der Waals surface area contributed by atoms with Crippen LogP contribution in [0.4, 0.5) is 4.79 Å². The topological polar surface area (TPSA) is 56.4 Å². The first-order valence-electron chi connectivity index (χ1n) is 7.84. The van der Waals surface area contributed by atoms with Crippen molar-refractivity contribution in [2.45, 2.75) is 38.1 Å². The monoisotopic (exact) mass is 292 g/mol. The maximum atomic E-state index is 11.6. The van der Waals surface area contributed by atoms with Gasteiger partial charge in [0.2, 0.25) is 0 Å². The summed E-state index contributed by atoms with van der Waals surface area (Å²) in [6.07, 6.45) is 7.76. The van der Waals surface area contributed by atoms with Crippen molar-refractivity contribution >= 4 is 6.03 Å². The van der Waals surface area contributed by atoms with E-state index in [1.165, 1.54) is 19.3 Å². The average Bonchev–Trinajstić information content (AvgIpc) is 3.23. The largest absolute Gasteiger partial charge is 0.389 e. The van der Waals surface area contributed by atoms with Crippen LogP contribution >= 0.6 is 0 Å².